The van der Waals surface area contributed by atoms with E-state index in [0.29, 0.717) is 0 Å². The molecule has 2 heterocycles. The predicted octanol–water partition coefficient (Wildman–Crippen LogP) is 1.25. The van der Waals surface area contributed by atoms with Crippen LogP contribution < -0.4 is 21.7 Å². The van der Waals surface area contributed by atoms with Crippen LogP contribution in [0, 0.1) is 0 Å². The van der Waals surface area contributed by atoms with E-state index in [1.807, 2.05) is 48.5 Å². The van der Waals surface area contributed by atoms with Crippen molar-refractivity contribution in [2.45, 2.75) is 43.9 Å². The number of fused-ring (bicyclic) bond motifs is 2. The van der Waals surface area contributed by atoms with Gasteiger partial charge in [-0.2, -0.15) is 12.6 Å². The lowest BCUT2D eigenvalue weighted by Crippen LogP contribution is -2.57. The zero-order chi connectivity index (χ0) is 28.8. The predicted molar refractivity (Wildman–Crippen MR) is 155 cm³/mol. The van der Waals surface area contributed by atoms with Gasteiger partial charge in [0, 0.05) is 46.4 Å². The van der Waals surface area contributed by atoms with Crippen molar-refractivity contribution in [3.63, 3.8) is 0 Å². The molecule has 12 heteroatoms. The SMILES string of the molecule is CC(NC(=O)C(CS)NC(=O)C(N)Cc1c[nH]c2ccccc12)C(=O)NC(Cc1c[nH]c2ccccc12)C(=O)O. The molecule has 4 unspecified atom stereocenters. The standard InChI is InChI=1S/C28H32N6O5S/c1-15(25(35)33-23(28(38)39)11-17-13-31-22-9-5-3-7-19(17)22)32-27(37)24(14-40)34-26(36)20(29)10-16-12-30-21-8-4-2-6-18(16)21/h2-9,12-13,15,20,23-24,30-31,40H,10-11,14,29H2,1H3,(H,32,37)(H,33,35)(H,34,36)(H,38,39). The molecule has 0 spiro atoms. The molecule has 0 saturated carbocycles. The molecule has 0 aliphatic carbocycles. The lowest BCUT2D eigenvalue weighted by molar-refractivity contribution is -0.142. The first-order chi connectivity index (χ1) is 19.2. The monoisotopic (exact) mass is 564 g/mol. The molecule has 0 bridgehead atoms. The van der Waals surface area contributed by atoms with Crippen molar-refractivity contribution < 1.29 is 24.3 Å². The van der Waals surface area contributed by atoms with Gasteiger partial charge in [-0.25, -0.2) is 4.79 Å². The maximum Gasteiger partial charge on any atom is 0.326 e. The maximum atomic E-state index is 12.8. The minimum atomic E-state index is -1.21. The van der Waals surface area contributed by atoms with Crippen molar-refractivity contribution in [2.24, 2.45) is 5.73 Å². The van der Waals surface area contributed by atoms with Gasteiger partial charge in [-0.15, -0.1) is 0 Å². The second kappa shape index (κ2) is 12.7. The number of aliphatic carboxylic acids is 1. The number of thiol groups is 1. The molecule has 0 fully saturated rings. The number of carbonyl (C=O) groups excluding carboxylic acids is 3. The van der Waals surface area contributed by atoms with Gasteiger partial charge < -0.3 is 36.8 Å². The molecule has 11 nitrogen and oxygen atoms in total. The maximum absolute atomic E-state index is 12.8. The number of benzene rings is 2. The average Bonchev–Trinajstić information content (AvgIpc) is 3.55. The second-order valence-corrected chi connectivity index (χ2v) is 9.97. The van der Waals surface area contributed by atoms with Crippen LogP contribution in [0.2, 0.25) is 0 Å². The molecule has 4 rings (SSSR count). The largest absolute Gasteiger partial charge is 0.480 e. The van der Waals surface area contributed by atoms with Crippen molar-refractivity contribution in [2.75, 3.05) is 5.75 Å². The van der Waals surface area contributed by atoms with Crippen LogP contribution in [-0.2, 0) is 32.0 Å². The minimum Gasteiger partial charge on any atom is -0.480 e. The highest BCUT2D eigenvalue weighted by Gasteiger charge is 2.28. The highest BCUT2D eigenvalue weighted by molar-refractivity contribution is 7.80. The Hall–Kier alpha value is -4.29. The number of carbonyl (C=O) groups is 4. The third kappa shape index (κ3) is 6.64. The van der Waals surface area contributed by atoms with Crippen LogP contribution in [0.1, 0.15) is 18.1 Å². The number of para-hydroxylation sites is 2. The normalized spacial score (nSPS) is 14.3. The summed E-state index contributed by atoms with van der Waals surface area (Å²) in [7, 11) is 0. The Morgan fingerprint density at radius 2 is 1.32 bits per heavy atom. The molecule has 210 valence electrons. The summed E-state index contributed by atoms with van der Waals surface area (Å²) >= 11 is 4.17. The number of carboxylic acid groups (broad SMARTS) is 1. The van der Waals surface area contributed by atoms with Crippen molar-refractivity contribution >= 4 is 58.1 Å². The van der Waals surface area contributed by atoms with Crippen LogP contribution in [0.15, 0.2) is 60.9 Å². The minimum absolute atomic E-state index is 0.0377. The highest BCUT2D eigenvalue weighted by atomic mass is 32.1. The van der Waals surface area contributed by atoms with E-state index in [4.69, 9.17) is 5.73 Å². The Balaban J connectivity index is 1.32. The van der Waals surface area contributed by atoms with E-state index in [0.717, 1.165) is 32.9 Å². The fraction of sp³-hybridized carbons (Fsp3) is 0.286. The molecular formula is C28H32N6O5S. The molecule has 0 aliphatic rings. The number of aromatic amines is 2. The third-order valence-corrected chi connectivity index (χ3v) is 7.10. The molecule has 4 atom stereocenters. The fourth-order valence-electron chi connectivity index (χ4n) is 4.50. The van der Waals surface area contributed by atoms with Gasteiger partial charge in [-0.05, 0) is 36.6 Å². The van der Waals surface area contributed by atoms with Crippen molar-refractivity contribution in [3.8, 4) is 0 Å². The van der Waals surface area contributed by atoms with E-state index >= 15 is 0 Å². The van der Waals surface area contributed by atoms with Crippen molar-refractivity contribution in [3.05, 3.63) is 72.1 Å². The number of carboxylic acids is 1. The lowest BCUT2D eigenvalue weighted by Gasteiger charge is -2.22. The Morgan fingerprint density at radius 3 is 1.88 bits per heavy atom. The quantitative estimate of drug-likeness (QED) is 0.120. The number of hydrogen-bond acceptors (Lipinski definition) is 6. The zero-order valence-electron chi connectivity index (χ0n) is 21.8. The van der Waals surface area contributed by atoms with Gasteiger partial charge in [0.2, 0.25) is 17.7 Å². The number of amides is 3. The van der Waals surface area contributed by atoms with Crippen LogP contribution in [0.5, 0.6) is 0 Å². The summed E-state index contributed by atoms with van der Waals surface area (Å²) in [6.07, 6.45) is 3.81. The first-order valence-electron chi connectivity index (χ1n) is 12.8. The van der Waals surface area contributed by atoms with Gasteiger partial charge in [-0.1, -0.05) is 36.4 Å². The Morgan fingerprint density at radius 1 is 0.800 bits per heavy atom. The van der Waals surface area contributed by atoms with Gasteiger partial charge >= 0.3 is 5.97 Å². The van der Waals surface area contributed by atoms with E-state index in [1.54, 1.807) is 12.4 Å². The van der Waals surface area contributed by atoms with Gasteiger partial charge in [0.25, 0.3) is 0 Å². The van der Waals surface area contributed by atoms with Gasteiger partial charge in [0.15, 0.2) is 0 Å². The van der Waals surface area contributed by atoms with Crippen LogP contribution in [-0.4, -0.2) is 68.7 Å². The summed E-state index contributed by atoms with van der Waals surface area (Å²) in [6, 6.07) is 10.8. The van der Waals surface area contributed by atoms with E-state index in [2.05, 4.69) is 38.5 Å². The molecule has 0 aliphatic heterocycles. The number of nitrogens with one attached hydrogen (secondary N) is 5. The topological polar surface area (TPSA) is 182 Å². The van der Waals surface area contributed by atoms with Crippen LogP contribution in [0.3, 0.4) is 0 Å². The Bertz CT molecular complexity index is 1530. The molecule has 0 saturated heterocycles. The molecule has 8 N–H and O–H groups in total. The summed E-state index contributed by atoms with van der Waals surface area (Å²) in [6.45, 7) is 1.43. The number of rotatable bonds is 12. The number of aromatic nitrogens is 2. The Kier molecular flexibility index (Phi) is 9.12. The van der Waals surface area contributed by atoms with Crippen LogP contribution in [0.4, 0.5) is 0 Å². The average molecular weight is 565 g/mol. The molecule has 2 aromatic carbocycles. The zero-order valence-corrected chi connectivity index (χ0v) is 22.7. The molecule has 4 aromatic rings. The van der Waals surface area contributed by atoms with E-state index in [-0.39, 0.29) is 18.6 Å². The fourth-order valence-corrected chi connectivity index (χ4v) is 4.76. The third-order valence-electron chi connectivity index (χ3n) is 6.73. The number of hydrogen-bond donors (Lipinski definition) is 8. The van der Waals surface area contributed by atoms with Gasteiger partial charge in [-0.3, -0.25) is 14.4 Å². The van der Waals surface area contributed by atoms with Crippen LogP contribution >= 0.6 is 12.6 Å². The van der Waals surface area contributed by atoms with E-state index in [9.17, 15) is 24.3 Å². The summed E-state index contributed by atoms with van der Waals surface area (Å²) in [5.74, 6) is -3.11. The second-order valence-electron chi connectivity index (χ2n) is 9.61. The summed E-state index contributed by atoms with van der Waals surface area (Å²) in [5.41, 5.74) is 9.51. The Labute approximate surface area is 235 Å². The molecule has 40 heavy (non-hydrogen) atoms. The summed E-state index contributed by atoms with van der Waals surface area (Å²) in [4.78, 5) is 56.5. The first-order valence-corrected chi connectivity index (χ1v) is 13.4. The first kappa shape index (κ1) is 28.7. The molecule has 2 aromatic heterocycles. The number of H-pyrrole nitrogens is 2. The highest BCUT2D eigenvalue weighted by Crippen LogP contribution is 2.20. The van der Waals surface area contributed by atoms with E-state index < -0.39 is 47.9 Å². The molecular weight excluding hydrogens is 532 g/mol. The summed E-state index contributed by atoms with van der Waals surface area (Å²) < 4.78 is 0. The van der Waals surface area contributed by atoms with Crippen LogP contribution in [0.25, 0.3) is 21.8 Å². The number of nitrogens with two attached hydrogens (primary N) is 1. The van der Waals surface area contributed by atoms with E-state index in [1.165, 1.54) is 6.92 Å². The van der Waals surface area contributed by atoms with Crippen molar-refractivity contribution in [1.29, 1.82) is 0 Å². The summed E-state index contributed by atoms with van der Waals surface area (Å²) in [5, 5.41) is 19.1. The van der Waals surface area contributed by atoms with Crippen molar-refractivity contribution in [1.82, 2.24) is 25.9 Å². The lowest BCUT2D eigenvalue weighted by atomic mass is 10.0. The smallest absolute Gasteiger partial charge is 0.326 e. The molecule has 3 amide bonds. The molecule has 0 radical (unpaired) electrons. The van der Waals surface area contributed by atoms with Gasteiger partial charge in [0.05, 0.1) is 6.04 Å². The van der Waals surface area contributed by atoms with Gasteiger partial charge in [0.1, 0.15) is 18.1 Å².